The lowest BCUT2D eigenvalue weighted by Gasteiger charge is -2.34. The van der Waals surface area contributed by atoms with Crippen molar-refractivity contribution in [1.82, 2.24) is 10.2 Å². The number of hydrogen-bond donors (Lipinski definition) is 2. The number of nitrogens with zero attached hydrogens (tertiary/aromatic N) is 1. The predicted molar refractivity (Wildman–Crippen MR) is 155 cm³/mol. The van der Waals surface area contributed by atoms with Crippen molar-refractivity contribution < 1.29 is 19.4 Å². The molecule has 0 bridgehead atoms. The first-order valence-corrected chi connectivity index (χ1v) is 14.6. The number of terminal acetylenes is 1. The lowest BCUT2D eigenvalue weighted by molar-refractivity contribution is -0.121. The highest BCUT2D eigenvalue weighted by molar-refractivity contribution is 7.99. The zero-order valence-corrected chi connectivity index (χ0v) is 23.8. The lowest BCUT2D eigenvalue weighted by atomic mass is 9.93. The van der Waals surface area contributed by atoms with Gasteiger partial charge in [-0.05, 0) is 79.8 Å². The van der Waals surface area contributed by atoms with Crippen LogP contribution < -0.4 is 10.1 Å². The molecule has 3 atom stereocenters. The van der Waals surface area contributed by atoms with E-state index in [1.807, 2.05) is 24.1 Å². The van der Waals surface area contributed by atoms with Gasteiger partial charge in [0, 0.05) is 19.5 Å². The number of aliphatic hydroxyl groups is 1. The third-order valence-electron chi connectivity index (χ3n) is 6.71. The van der Waals surface area contributed by atoms with Crippen molar-refractivity contribution >= 4 is 17.7 Å². The van der Waals surface area contributed by atoms with Crippen LogP contribution in [0, 0.1) is 19.3 Å². The molecule has 2 aromatic carbocycles. The number of carbonyl (C=O) groups excluding carboxylic acids is 1. The minimum Gasteiger partial charge on any atom is -0.494 e. The maximum Gasteiger partial charge on any atom is 0.220 e. The van der Waals surface area contributed by atoms with Crippen LogP contribution in [-0.2, 0) is 16.0 Å². The fourth-order valence-corrected chi connectivity index (χ4v) is 5.38. The molecule has 0 spiro atoms. The Morgan fingerprint density at radius 2 is 2.05 bits per heavy atom. The molecular weight excluding hydrogens is 496 g/mol. The van der Waals surface area contributed by atoms with E-state index in [1.54, 1.807) is 11.8 Å². The average molecular weight is 539 g/mol. The van der Waals surface area contributed by atoms with Gasteiger partial charge in [-0.15, -0.1) is 18.2 Å². The molecular formula is C31H42N2O4S. The van der Waals surface area contributed by atoms with Crippen LogP contribution in [0.2, 0.25) is 0 Å². The summed E-state index contributed by atoms with van der Waals surface area (Å²) in [5.41, 5.74) is 4.83. The van der Waals surface area contributed by atoms with E-state index in [2.05, 4.69) is 55.4 Å². The number of nitrogens with one attached hydrogen (secondary N) is 1. The van der Waals surface area contributed by atoms with Crippen molar-refractivity contribution in [2.75, 3.05) is 39.0 Å². The third-order valence-corrected chi connectivity index (χ3v) is 7.76. The molecule has 0 aromatic heterocycles. The van der Waals surface area contributed by atoms with Crippen molar-refractivity contribution in [2.45, 2.75) is 63.6 Å². The minimum absolute atomic E-state index is 0.0291. The monoisotopic (exact) mass is 538 g/mol. The first-order valence-electron chi connectivity index (χ1n) is 13.5. The van der Waals surface area contributed by atoms with Crippen LogP contribution in [-0.4, -0.2) is 66.5 Å². The second-order valence-electron chi connectivity index (χ2n) is 9.84. The summed E-state index contributed by atoms with van der Waals surface area (Å²) >= 11 is 1.81. The molecule has 38 heavy (non-hydrogen) atoms. The van der Waals surface area contributed by atoms with Crippen LogP contribution in [0.3, 0.4) is 0 Å². The Bertz CT molecular complexity index is 1050. The maximum absolute atomic E-state index is 12.0. The van der Waals surface area contributed by atoms with Gasteiger partial charge in [0.05, 0.1) is 19.3 Å². The van der Waals surface area contributed by atoms with Gasteiger partial charge in [0.1, 0.15) is 17.3 Å². The van der Waals surface area contributed by atoms with Gasteiger partial charge in [-0.1, -0.05) is 43.2 Å². The van der Waals surface area contributed by atoms with Crippen molar-refractivity contribution in [3.8, 4) is 18.1 Å². The fourth-order valence-electron chi connectivity index (χ4n) is 4.50. The van der Waals surface area contributed by atoms with E-state index >= 15 is 0 Å². The molecule has 1 aliphatic rings. The summed E-state index contributed by atoms with van der Waals surface area (Å²) in [5.74, 6) is 4.42. The number of amides is 1. The number of carbonyl (C=O) groups is 1. The number of ether oxygens (including phenoxy) is 2. The number of rotatable bonds is 14. The van der Waals surface area contributed by atoms with Crippen LogP contribution in [0.15, 0.2) is 42.5 Å². The number of likely N-dealkylation sites (N-methyl/N-ethyl adjacent to an activating group) is 1. The summed E-state index contributed by atoms with van der Waals surface area (Å²) < 4.78 is 12.1. The summed E-state index contributed by atoms with van der Waals surface area (Å²) in [5, 5.41) is 13.5. The smallest absolute Gasteiger partial charge is 0.220 e. The van der Waals surface area contributed by atoms with Gasteiger partial charge in [-0.2, -0.15) is 0 Å². The van der Waals surface area contributed by atoms with E-state index in [0.29, 0.717) is 32.5 Å². The SMILES string of the molecule is C#CCN(C)CCNC(=O)CCCOc1ccc(Cc2cc([C@@H]3O[C@H](SCC)CC[C@H]3O)ccc2C)cc1. The molecule has 0 unspecified atom stereocenters. The summed E-state index contributed by atoms with van der Waals surface area (Å²) in [7, 11) is 1.93. The topological polar surface area (TPSA) is 71.0 Å². The van der Waals surface area contributed by atoms with Gasteiger partial charge in [-0.3, -0.25) is 9.69 Å². The van der Waals surface area contributed by atoms with Gasteiger partial charge in [0.25, 0.3) is 0 Å². The maximum atomic E-state index is 12.0. The molecule has 6 nitrogen and oxygen atoms in total. The number of aliphatic hydroxyl groups excluding tert-OH is 1. The van der Waals surface area contributed by atoms with Gasteiger partial charge in [0.2, 0.25) is 5.91 Å². The van der Waals surface area contributed by atoms with Crippen LogP contribution >= 0.6 is 11.8 Å². The third kappa shape index (κ3) is 9.67. The molecule has 7 heteroatoms. The molecule has 1 aliphatic heterocycles. The van der Waals surface area contributed by atoms with Crippen LogP contribution in [0.4, 0.5) is 0 Å². The Morgan fingerprint density at radius 3 is 2.79 bits per heavy atom. The summed E-state index contributed by atoms with van der Waals surface area (Å²) in [6.07, 6.45) is 8.08. The van der Waals surface area contributed by atoms with Crippen LogP contribution in [0.5, 0.6) is 5.75 Å². The average Bonchev–Trinajstić information content (AvgIpc) is 2.90. The first kappa shape index (κ1) is 30.0. The Kier molecular flexibility index (Phi) is 12.5. The Labute approximate surface area is 232 Å². The predicted octanol–water partition coefficient (Wildman–Crippen LogP) is 4.72. The second kappa shape index (κ2) is 15.8. The van der Waals surface area contributed by atoms with E-state index in [0.717, 1.165) is 42.9 Å². The standard InChI is InChI=1S/C31H42N2O4S/c1-5-18-33(4)19-17-32-29(35)8-7-20-36-27-13-10-24(11-14-27)21-26-22-25(12-9-23(26)3)31-28(34)15-16-30(37-31)38-6-2/h1,9-14,22,28,30-31,34H,6-8,15-21H2,2-4H3,(H,32,35)/t28-,30-,31+/m1/s1. The first-order chi connectivity index (χ1) is 18.4. The summed E-state index contributed by atoms with van der Waals surface area (Å²) in [6, 6.07) is 14.5. The van der Waals surface area contributed by atoms with Crippen LogP contribution in [0.25, 0.3) is 0 Å². The van der Waals surface area contributed by atoms with Crippen molar-refractivity contribution in [3.63, 3.8) is 0 Å². The molecule has 0 radical (unpaired) electrons. The second-order valence-corrected chi connectivity index (χ2v) is 11.3. The molecule has 0 aliphatic carbocycles. The molecule has 1 heterocycles. The number of thioether (sulfide) groups is 1. The number of hydrogen-bond acceptors (Lipinski definition) is 6. The molecule has 1 saturated heterocycles. The highest BCUT2D eigenvalue weighted by Gasteiger charge is 2.31. The molecule has 2 N–H and O–H groups in total. The Balaban J connectivity index is 1.46. The van der Waals surface area contributed by atoms with Gasteiger partial charge >= 0.3 is 0 Å². The molecule has 206 valence electrons. The van der Waals surface area contributed by atoms with Gasteiger partial charge in [0.15, 0.2) is 0 Å². The minimum atomic E-state index is -0.470. The van der Waals surface area contributed by atoms with Crippen molar-refractivity contribution in [2.24, 2.45) is 0 Å². The molecule has 1 amide bonds. The highest BCUT2D eigenvalue weighted by atomic mass is 32.2. The Hall–Kier alpha value is -2.50. The zero-order chi connectivity index (χ0) is 27.3. The van der Waals surface area contributed by atoms with E-state index < -0.39 is 6.10 Å². The number of benzene rings is 2. The van der Waals surface area contributed by atoms with Gasteiger partial charge < -0.3 is 19.9 Å². The fraction of sp³-hybridized carbons (Fsp3) is 0.516. The summed E-state index contributed by atoms with van der Waals surface area (Å²) in [6.45, 7) is 6.65. The molecule has 0 saturated carbocycles. The molecule has 3 rings (SSSR count). The summed E-state index contributed by atoms with van der Waals surface area (Å²) in [4.78, 5) is 14.0. The number of aryl methyl sites for hydroxylation is 1. The normalized spacial score (nSPS) is 19.2. The zero-order valence-electron chi connectivity index (χ0n) is 22.9. The highest BCUT2D eigenvalue weighted by Crippen LogP contribution is 2.36. The van der Waals surface area contributed by atoms with E-state index in [-0.39, 0.29) is 17.4 Å². The van der Waals surface area contributed by atoms with E-state index in [4.69, 9.17) is 15.9 Å². The van der Waals surface area contributed by atoms with Gasteiger partial charge in [-0.25, -0.2) is 0 Å². The lowest BCUT2D eigenvalue weighted by Crippen LogP contribution is -2.33. The van der Waals surface area contributed by atoms with E-state index in [9.17, 15) is 9.90 Å². The van der Waals surface area contributed by atoms with Crippen LogP contribution in [0.1, 0.15) is 61.0 Å². The quantitative estimate of drug-likeness (QED) is 0.268. The largest absolute Gasteiger partial charge is 0.494 e. The molecule has 1 fully saturated rings. The molecule has 2 aromatic rings. The van der Waals surface area contributed by atoms with E-state index in [1.165, 1.54) is 16.7 Å². The van der Waals surface area contributed by atoms with Crippen molar-refractivity contribution in [3.05, 3.63) is 64.7 Å². The Morgan fingerprint density at radius 1 is 1.26 bits per heavy atom. The van der Waals surface area contributed by atoms with Crippen molar-refractivity contribution in [1.29, 1.82) is 0 Å².